The highest BCUT2D eigenvalue weighted by Crippen LogP contribution is 2.32. The first-order chi connectivity index (χ1) is 9.35. The van der Waals surface area contributed by atoms with Crippen molar-refractivity contribution in [3.8, 4) is 5.75 Å². The minimum Gasteiger partial charge on any atom is -0.483 e. The number of nitrogens with one attached hydrogen (secondary N) is 1. The van der Waals surface area contributed by atoms with Crippen LogP contribution >= 0.6 is 15.9 Å². The van der Waals surface area contributed by atoms with Gasteiger partial charge in [0.25, 0.3) is 5.91 Å². The summed E-state index contributed by atoms with van der Waals surface area (Å²) in [7, 11) is 0. The second-order valence-electron chi connectivity index (χ2n) is 5.46. The monoisotopic (exact) mass is 341 g/mol. The molecule has 0 aliphatic carbocycles. The molecule has 1 aromatic carbocycles. The van der Waals surface area contributed by atoms with Gasteiger partial charge in [-0.2, -0.15) is 0 Å². The highest BCUT2D eigenvalue weighted by atomic mass is 79.9. The van der Waals surface area contributed by atoms with Crippen molar-refractivity contribution in [3.05, 3.63) is 27.7 Å². The van der Waals surface area contributed by atoms with Gasteiger partial charge in [-0.15, -0.1) is 0 Å². The van der Waals surface area contributed by atoms with Gasteiger partial charge in [-0.25, -0.2) is 0 Å². The molecule has 0 bridgehead atoms. The van der Waals surface area contributed by atoms with Crippen LogP contribution in [-0.2, 0) is 4.79 Å². The summed E-state index contributed by atoms with van der Waals surface area (Å²) in [5, 5.41) is 2.90. The molecule has 0 aliphatic heterocycles. The number of halogens is 1. The van der Waals surface area contributed by atoms with E-state index in [2.05, 4.69) is 41.2 Å². The minimum absolute atomic E-state index is 0.0606. The first kappa shape index (κ1) is 17.0. The van der Waals surface area contributed by atoms with E-state index in [4.69, 9.17) is 4.74 Å². The summed E-state index contributed by atoms with van der Waals surface area (Å²) >= 11 is 3.54. The Kier molecular flexibility index (Phi) is 6.53. The Morgan fingerprint density at radius 2 is 2.00 bits per heavy atom. The van der Waals surface area contributed by atoms with Gasteiger partial charge < -0.3 is 10.1 Å². The molecule has 20 heavy (non-hydrogen) atoms. The summed E-state index contributed by atoms with van der Waals surface area (Å²) in [4.78, 5) is 11.8. The fraction of sp³-hybridized carbons (Fsp3) is 0.562. The van der Waals surface area contributed by atoms with Gasteiger partial charge in [0.1, 0.15) is 5.75 Å². The number of carbonyl (C=O) groups excluding carboxylic acids is 1. The molecule has 1 aromatic rings. The highest BCUT2D eigenvalue weighted by Gasteiger charge is 2.13. The maximum Gasteiger partial charge on any atom is 0.258 e. The van der Waals surface area contributed by atoms with Crippen LogP contribution in [0.15, 0.2) is 16.6 Å². The summed E-state index contributed by atoms with van der Waals surface area (Å²) < 4.78 is 6.78. The number of carbonyl (C=O) groups is 1. The lowest BCUT2D eigenvalue weighted by Gasteiger charge is -2.17. The average Bonchev–Trinajstić information content (AvgIpc) is 2.39. The van der Waals surface area contributed by atoms with Crippen molar-refractivity contribution in [2.75, 3.05) is 6.61 Å². The van der Waals surface area contributed by atoms with Gasteiger partial charge >= 0.3 is 0 Å². The molecule has 0 spiro atoms. The maximum absolute atomic E-state index is 11.8. The summed E-state index contributed by atoms with van der Waals surface area (Å²) in [5.41, 5.74) is 2.21. The fourth-order valence-corrected chi connectivity index (χ4v) is 2.17. The number of ether oxygens (including phenoxy) is 1. The third-order valence-corrected chi connectivity index (χ3v) is 4.15. The lowest BCUT2D eigenvalue weighted by Crippen LogP contribution is -2.35. The number of rotatable bonds is 6. The zero-order chi connectivity index (χ0) is 15.3. The number of hydrogen-bond donors (Lipinski definition) is 1. The van der Waals surface area contributed by atoms with E-state index < -0.39 is 0 Å². The highest BCUT2D eigenvalue weighted by molar-refractivity contribution is 9.10. The largest absolute Gasteiger partial charge is 0.483 e. The van der Waals surface area contributed by atoms with Crippen molar-refractivity contribution in [1.82, 2.24) is 5.32 Å². The zero-order valence-electron chi connectivity index (χ0n) is 12.9. The third-order valence-electron chi connectivity index (χ3n) is 3.29. The Morgan fingerprint density at radius 1 is 1.35 bits per heavy atom. The van der Waals surface area contributed by atoms with Crippen LogP contribution in [0.25, 0.3) is 0 Å². The Morgan fingerprint density at radius 3 is 2.55 bits per heavy atom. The molecule has 1 unspecified atom stereocenters. The van der Waals surface area contributed by atoms with Crippen LogP contribution in [-0.4, -0.2) is 18.6 Å². The molecule has 0 fully saturated rings. The molecule has 0 aromatic heterocycles. The Bertz CT molecular complexity index is 472. The smallest absolute Gasteiger partial charge is 0.258 e. The first-order valence-corrected chi connectivity index (χ1v) is 7.86. The Labute approximate surface area is 130 Å². The van der Waals surface area contributed by atoms with E-state index in [9.17, 15) is 4.79 Å². The van der Waals surface area contributed by atoms with Crippen LogP contribution in [0, 0.1) is 6.92 Å². The van der Waals surface area contributed by atoms with Gasteiger partial charge in [-0.1, -0.05) is 36.7 Å². The molecular weight excluding hydrogens is 318 g/mol. The first-order valence-electron chi connectivity index (χ1n) is 7.07. The molecule has 4 heteroatoms. The van der Waals surface area contributed by atoms with E-state index in [-0.39, 0.29) is 18.6 Å². The standard InChI is InChI=1S/C16H24BrNO2/c1-6-12(5)18-16(19)9-20-15-7-11(4)14(17)8-13(15)10(2)3/h7-8,10,12H,6,9H2,1-5H3,(H,18,19). The molecule has 0 saturated heterocycles. The van der Waals surface area contributed by atoms with Gasteiger partial charge in [0.05, 0.1) is 0 Å². The van der Waals surface area contributed by atoms with E-state index in [0.29, 0.717) is 5.92 Å². The molecule has 1 rings (SSSR count). The summed E-state index contributed by atoms with van der Waals surface area (Å²) in [6, 6.07) is 4.24. The van der Waals surface area contributed by atoms with Gasteiger partial charge in [0, 0.05) is 10.5 Å². The molecule has 1 atom stereocenters. The van der Waals surface area contributed by atoms with Crippen LogP contribution in [0.1, 0.15) is 51.2 Å². The summed E-state index contributed by atoms with van der Waals surface area (Å²) in [5.74, 6) is 1.06. The molecule has 1 N–H and O–H groups in total. The van der Waals surface area contributed by atoms with E-state index in [1.807, 2.05) is 26.8 Å². The molecule has 112 valence electrons. The molecule has 0 aliphatic rings. The molecular formula is C16H24BrNO2. The third kappa shape index (κ3) is 4.82. The SMILES string of the molecule is CCC(C)NC(=O)COc1cc(C)c(Br)cc1C(C)C. The Hall–Kier alpha value is -1.03. The van der Waals surface area contributed by atoms with Crippen molar-refractivity contribution >= 4 is 21.8 Å². The van der Waals surface area contributed by atoms with Crippen molar-refractivity contribution in [2.45, 2.75) is 53.0 Å². The van der Waals surface area contributed by atoms with E-state index in [1.165, 1.54) is 0 Å². The summed E-state index contributed by atoms with van der Waals surface area (Å²) in [6.45, 7) is 10.3. The average molecular weight is 342 g/mol. The number of amides is 1. The summed E-state index contributed by atoms with van der Waals surface area (Å²) in [6.07, 6.45) is 0.917. The molecule has 0 radical (unpaired) electrons. The van der Waals surface area contributed by atoms with E-state index in [0.717, 1.165) is 27.8 Å². The number of hydrogen-bond acceptors (Lipinski definition) is 2. The maximum atomic E-state index is 11.8. The lowest BCUT2D eigenvalue weighted by molar-refractivity contribution is -0.123. The zero-order valence-corrected chi connectivity index (χ0v) is 14.5. The fourth-order valence-electron chi connectivity index (χ4n) is 1.81. The normalized spacial score (nSPS) is 12.3. The molecule has 0 heterocycles. The molecule has 3 nitrogen and oxygen atoms in total. The predicted molar refractivity (Wildman–Crippen MR) is 86.4 cm³/mol. The van der Waals surface area contributed by atoms with Crippen LogP contribution in [0.2, 0.25) is 0 Å². The molecule has 1 amide bonds. The van der Waals surface area contributed by atoms with Gasteiger partial charge in [0.15, 0.2) is 6.61 Å². The minimum atomic E-state index is -0.0744. The van der Waals surface area contributed by atoms with Gasteiger partial charge in [0.2, 0.25) is 0 Å². The van der Waals surface area contributed by atoms with Crippen molar-refractivity contribution in [1.29, 1.82) is 0 Å². The quantitative estimate of drug-likeness (QED) is 0.842. The number of benzene rings is 1. The van der Waals surface area contributed by atoms with Crippen molar-refractivity contribution in [3.63, 3.8) is 0 Å². The van der Waals surface area contributed by atoms with Crippen LogP contribution in [0.4, 0.5) is 0 Å². The number of aryl methyl sites for hydroxylation is 1. The lowest BCUT2D eigenvalue weighted by atomic mass is 10.0. The molecule has 0 saturated carbocycles. The van der Waals surface area contributed by atoms with Crippen LogP contribution in [0.5, 0.6) is 5.75 Å². The topological polar surface area (TPSA) is 38.3 Å². The van der Waals surface area contributed by atoms with Crippen LogP contribution < -0.4 is 10.1 Å². The van der Waals surface area contributed by atoms with Crippen LogP contribution in [0.3, 0.4) is 0 Å². The van der Waals surface area contributed by atoms with Crippen molar-refractivity contribution in [2.24, 2.45) is 0 Å². The second kappa shape index (κ2) is 7.67. The Balaban J connectivity index is 2.77. The van der Waals surface area contributed by atoms with Gasteiger partial charge in [-0.05, 0) is 49.4 Å². The van der Waals surface area contributed by atoms with Gasteiger partial charge in [-0.3, -0.25) is 4.79 Å². The second-order valence-corrected chi connectivity index (χ2v) is 6.31. The van der Waals surface area contributed by atoms with E-state index >= 15 is 0 Å². The predicted octanol–water partition coefficient (Wildman–Crippen LogP) is 4.17. The van der Waals surface area contributed by atoms with Crippen molar-refractivity contribution < 1.29 is 9.53 Å². The van der Waals surface area contributed by atoms with E-state index in [1.54, 1.807) is 0 Å².